The van der Waals surface area contributed by atoms with Gasteiger partial charge in [0.1, 0.15) is 5.75 Å². The maximum Gasteiger partial charge on any atom is 0.229 e. The van der Waals surface area contributed by atoms with E-state index in [2.05, 4.69) is 15.6 Å². The molecule has 0 radical (unpaired) electrons. The molecule has 0 saturated carbocycles. The summed E-state index contributed by atoms with van der Waals surface area (Å²) in [6.45, 7) is 1.02. The van der Waals surface area contributed by atoms with Crippen molar-refractivity contribution in [2.75, 3.05) is 43.7 Å². The van der Waals surface area contributed by atoms with Crippen LogP contribution in [0.5, 0.6) is 5.75 Å². The van der Waals surface area contributed by atoms with Gasteiger partial charge in [0.05, 0.1) is 18.8 Å². The van der Waals surface area contributed by atoms with Crippen molar-refractivity contribution in [1.29, 1.82) is 0 Å². The Hall–Kier alpha value is -1.20. The quantitative estimate of drug-likeness (QED) is 0.319. The first-order valence-corrected chi connectivity index (χ1v) is 9.90. The van der Waals surface area contributed by atoms with E-state index in [4.69, 9.17) is 4.74 Å². The zero-order valence-electron chi connectivity index (χ0n) is 15.6. The van der Waals surface area contributed by atoms with Crippen LogP contribution in [-0.2, 0) is 4.79 Å². The van der Waals surface area contributed by atoms with Gasteiger partial charge in [-0.15, -0.1) is 24.0 Å². The van der Waals surface area contributed by atoms with Crippen LogP contribution in [0.15, 0.2) is 29.3 Å². The minimum Gasteiger partial charge on any atom is -0.497 e. The van der Waals surface area contributed by atoms with Crippen LogP contribution in [-0.4, -0.2) is 67.4 Å². The number of guanidine groups is 1. The molecule has 0 bridgehead atoms. The Bertz CT molecular complexity index is 682. The Morgan fingerprint density at radius 1 is 1.52 bits per heavy atom. The van der Waals surface area contributed by atoms with Crippen molar-refractivity contribution in [1.82, 2.24) is 10.6 Å². The Balaban J connectivity index is 0.00000261. The van der Waals surface area contributed by atoms with E-state index in [-0.39, 0.29) is 35.9 Å². The van der Waals surface area contributed by atoms with Gasteiger partial charge in [0, 0.05) is 44.1 Å². The van der Waals surface area contributed by atoms with Crippen LogP contribution in [0.2, 0.25) is 0 Å². The number of nitrogens with one attached hydrogen (secondary N) is 2. The van der Waals surface area contributed by atoms with Gasteiger partial charge in [-0.2, -0.15) is 11.8 Å². The summed E-state index contributed by atoms with van der Waals surface area (Å²) in [5, 5.41) is 16.9. The van der Waals surface area contributed by atoms with Crippen molar-refractivity contribution < 1.29 is 14.6 Å². The first-order chi connectivity index (χ1) is 12.5. The van der Waals surface area contributed by atoms with Gasteiger partial charge in [0.15, 0.2) is 5.96 Å². The highest BCUT2D eigenvalue weighted by molar-refractivity contribution is 14.0. The number of rotatable bonds is 5. The molecule has 0 spiro atoms. The summed E-state index contributed by atoms with van der Waals surface area (Å²) in [4.78, 5) is 18.4. The molecular formula is C18H27IN4O3S. The number of methoxy groups -OCH3 is 1. The van der Waals surface area contributed by atoms with Crippen LogP contribution in [0.3, 0.4) is 0 Å². The Morgan fingerprint density at radius 3 is 3.00 bits per heavy atom. The Labute approximate surface area is 181 Å². The van der Waals surface area contributed by atoms with Crippen LogP contribution < -0.4 is 20.3 Å². The molecule has 2 unspecified atom stereocenters. The molecule has 9 heteroatoms. The molecule has 3 rings (SSSR count). The fourth-order valence-corrected chi connectivity index (χ4v) is 4.50. The minimum atomic E-state index is -0.680. The highest BCUT2D eigenvalue weighted by Gasteiger charge is 2.33. The number of carbonyl (C=O) groups is 1. The van der Waals surface area contributed by atoms with Crippen LogP contribution in [0.4, 0.5) is 5.69 Å². The lowest BCUT2D eigenvalue weighted by Gasteiger charge is -2.24. The normalized spacial score (nSPS) is 25.3. The number of anilines is 1. The average molecular weight is 506 g/mol. The van der Waals surface area contributed by atoms with Gasteiger partial charge in [-0.25, -0.2) is 0 Å². The summed E-state index contributed by atoms with van der Waals surface area (Å²) in [5.41, 5.74) is 0.152. The van der Waals surface area contributed by atoms with Crippen molar-refractivity contribution in [3.63, 3.8) is 0 Å². The zero-order chi connectivity index (χ0) is 18.6. The maximum atomic E-state index is 12.4. The number of thioether (sulfide) groups is 1. The number of ether oxygens (including phenoxy) is 1. The number of hydrogen-bond donors (Lipinski definition) is 3. The second kappa shape index (κ2) is 9.83. The van der Waals surface area contributed by atoms with Gasteiger partial charge in [0.2, 0.25) is 5.91 Å². The number of aliphatic imine (C=N–C) groups is 1. The highest BCUT2D eigenvalue weighted by Crippen LogP contribution is 2.27. The predicted octanol–water partition coefficient (Wildman–Crippen LogP) is 1.45. The van der Waals surface area contributed by atoms with Crippen LogP contribution in [0.1, 0.15) is 12.8 Å². The molecule has 150 valence electrons. The van der Waals surface area contributed by atoms with Gasteiger partial charge in [-0.05, 0) is 24.3 Å². The van der Waals surface area contributed by atoms with E-state index in [9.17, 15) is 9.90 Å². The van der Waals surface area contributed by atoms with Gasteiger partial charge in [0.25, 0.3) is 0 Å². The van der Waals surface area contributed by atoms with E-state index in [0.717, 1.165) is 29.4 Å². The number of benzene rings is 1. The summed E-state index contributed by atoms with van der Waals surface area (Å²) in [7, 11) is 3.31. The highest BCUT2D eigenvalue weighted by atomic mass is 127. The van der Waals surface area contributed by atoms with Gasteiger partial charge in [-0.3, -0.25) is 9.79 Å². The van der Waals surface area contributed by atoms with Crippen LogP contribution in [0, 0.1) is 0 Å². The Kier molecular flexibility index (Phi) is 8.04. The van der Waals surface area contributed by atoms with Crippen LogP contribution in [0.25, 0.3) is 0 Å². The summed E-state index contributed by atoms with van der Waals surface area (Å²) in [6.07, 6.45) is 1.19. The minimum absolute atomic E-state index is 0. The summed E-state index contributed by atoms with van der Waals surface area (Å²) in [6, 6.07) is 7.47. The Morgan fingerprint density at radius 2 is 2.33 bits per heavy atom. The van der Waals surface area contributed by atoms with E-state index < -0.39 is 5.60 Å². The standard InChI is InChI=1S/C18H26N4O3S.HI/c1-19-17(20-11-18(24)6-7-26-12-18)21-13-8-16(23)22(10-13)14-4-3-5-15(9-14)25-2;/h3-5,9,13,24H,6-8,10-12H2,1-2H3,(H2,19,20,21);1H. The molecule has 1 aromatic rings. The average Bonchev–Trinajstić information content (AvgIpc) is 3.24. The number of hydrogen-bond acceptors (Lipinski definition) is 5. The molecule has 2 fully saturated rings. The summed E-state index contributed by atoms with van der Waals surface area (Å²) >= 11 is 1.76. The number of nitrogens with zero attached hydrogens (tertiary/aromatic N) is 2. The molecule has 27 heavy (non-hydrogen) atoms. The van der Waals surface area contributed by atoms with Gasteiger partial charge < -0.3 is 25.4 Å². The topological polar surface area (TPSA) is 86.2 Å². The smallest absolute Gasteiger partial charge is 0.229 e. The second-order valence-corrected chi connectivity index (χ2v) is 7.81. The summed E-state index contributed by atoms with van der Waals surface area (Å²) in [5.74, 6) is 3.13. The zero-order valence-corrected chi connectivity index (χ0v) is 18.8. The fraction of sp³-hybridized carbons (Fsp3) is 0.556. The SMILES string of the molecule is CN=C(NCC1(O)CCSC1)NC1CC(=O)N(c2cccc(OC)c2)C1.I. The molecule has 2 heterocycles. The van der Waals surface area contributed by atoms with Crippen molar-refractivity contribution in [3.05, 3.63) is 24.3 Å². The molecular weight excluding hydrogens is 479 g/mol. The third-order valence-electron chi connectivity index (χ3n) is 4.72. The third kappa shape index (κ3) is 5.64. The lowest BCUT2D eigenvalue weighted by atomic mass is 10.0. The van der Waals surface area contributed by atoms with Crippen molar-refractivity contribution in [2.24, 2.45) is 4.99 Å². The first kappa shape index (κ1) is 22.1. The maximum absolute atomic E-state index is 12.4. The first-order valence-electron chi connectivity index (χ1n) is 8.75. The number of carbonyl (C=O) groups excluding carboxylic acids is 1. The molecule has 2 saturated heterocycles. The monoisotopic (exact) mass is 506 g/mol. The fourth-order valence-electron chi connectivity index (χ4n) is 3.20. The van der Waals surface area contributed by atoms with E-state index in [0.29, 0.717) is 25.5 Å². The second-order valence-electron chi connectivity index (χ2n) is 6.70. The molecule has 2 aliphatic rings. The molecule has 7 nitrogen and oxygen atoms in total. The largest absolute Gasteiger partial charge is 0.497 e. The number of aliphatic hydroxyl groups is 1. The third-order valence-corrected chi connectivity index (χ3v) is 5.96. The predicted molar refractivity (Wildman–Crippen MR) is 121 cm³/mol. The molecule has 1 aromatic carbocycles. The lowest BCUT2D eigenvalue weighted by molar-refractivity contribution is -0.117. The molecule has 0 aromatic heterocycles. The van der Waals surface area contributed by atoms with E-state index in [1.54, 1.807) is 30.8 Å². The van der Waals surface area contributed by atoms with E-state index >= 15 is 0 Å². The van der Waals surface area contributed by atoms with Gasteiger partial charge >= 0.3 is 0 Å². The van der Waals surface area contributed by atoms with Crippen molar-refractivity contribution in [3.8, 4) is 5.75 Å². The van der Waals surface area contributed by atoms with Crippen LogP contribution >= 0.6 is 35.7 Å². The molecule has 3 N–H and O–H groups in total. The lowest BCUT2D eigenvalue weighted by Crippen LogP contribution is -2.50. The van der Waals surface area contributed by atoms with Crippen molar-refractivity contribution >= 4 is 53.3 Å². The number of halogens is 1. The molecule has 0 aliphatic carbocycles. The van der Waals surface area contributed by atoms with E-state index in [1.165, 1.54) is 0 Å². The number of amides is 1. The summed E-state index contributed by atoms with van der Waals surface area (Å²) < 4.78 is 5.24. The molecule has 2 aliphatic heterocycles. The van der Waals surface area contributed by atoms with Gasteiger partial charge in [-0.1, -0.05) is 6.07 Å². The van der Waals surface area contributed by atoms with E-state index in [1.807, 2.05) is 24.3 Å². The molecule has 1 amide bonds. The molecule has 2 atom stereocenters. The van der Waals surface area contributed by atoms with Crippen molar-refractivity contribution in [2.45, 2.75) is 24.5 Å².